The van der Waals surface area contributed by atoms with Crippen molar-refractivity contribution in [3.05, 3.63) is 64.8 Å². The fraction of sp³-hybridized carbons (Fsp3) is 0.364. The van der Waals surface area contributed by atoms with Crippen LogP contribution in [-0.4, -0.2) is 71.8 Å². The SMILES string of the molecule is CN1CCN(CCNC(=O)c2ccc3cnn(Cc4ccc(Cl)cc4)c3c2)CC1. The summed E-state index contributed by atoms with van der Waals surface area (Å²) in [6.45, 7) is 6.46. The predicted octanol–water partition coefficient (Wildman–Crippen LogP) is 2.72. The number of nitrogens with zero attached hydrogens (tertiary/aromatic N) is 4. The maximum absolute atomic E-state index is 12.6. The molecule has 0 atom stereocenters. The molecule has 152 valence electrons. The highest BCUT2D eigenvalue weighted by Crippen LogP contribution is 2.18. The Kier molecular flexibility index (Phi) is 6.13. The molecule has 0 aliphatic carbocycles. The third-order valence-corrected chi connectivity index (χ3v) is 5.71. The summed E-state index contributed by atoms with van der Waals surface area (Å²) in [5, 5.41) is 9.27. The Hall–Kier alpha value is -2.41. The zero-order valence-electron chi connectivity index (χ0n) is 16.6. The summed E-state index contributed by atoms with van der Waals surface area (Å²) in [6.07, 6.45) is 1.83. The van der Waals surface area contributed by atoms with Crippen LogP contribution in [0.2, 0.25) is 5.02 Å². The van der Waals surface area contributed by atoms with Crippen LogP contribution in [0.1, 0.15) is 15.9 Å². The van der Waals surface area contributed by atoms with Gasteiger partial charge in [0.1, 0.15) is 0 Å². The number of halogens is 1. The van der Waals surface area contributed by atoms with Crippen LogP contribution >= 0.6 is 11.6 Å². The Bertz CT molecular complexity index is 977. The zero-order chi connectivity index (χ0) is 20.2. The Morgan fingerprint density at radius 1 is 1.10 bits per heavy atom. The first kappa shape index (κ1) is 19.9. The summed E-state index contributed by atoms with van der Waals surface area (Å²) >= 11 is 5.97. The maximum Gasteiger partial charge on any atom is 0.251 e. The van der Waals surface area contributed by atoms with E-state index in [0.717, 1.165) is 54.2 Å². The van der Waals surface area contributed by atoms with Gasteiger partial charge in [-0.3, -0.25) is 14.4 Å². The van der Waals surface area contributed by atoms with E-state index in [4.69, 9.17) is 11.6 Å². The van der Waals surface area contributed by atoms with Crippen LogP contribution < -0.4 is 5.32 Å². The minimum Gasteiger partial charge on any atom is -0.351 e. The van der Waals surface area contributed by atoms with Gasteiger partial charge in [-0.2, -0.15) is 5.10 Å². The van der Waals surface area contributed by atoms with E-state index in [1.54, 1.807) is 0 Å². The van der Waals surface area contributed by atoms with E-state index in [0.29, 0.717) is 18.7 Å². The van der Waals surface area contributed by atoms with E-state index in [9.17, 15) is 4.79 Å². The first-order valence-corrected chi connectivity index (χ1v) is 10.4. The largest absolute Gasteiger partial charge is 0.351 e. The molecule has 1 amide bonds. The van der Waals surface area contributed by atoms with Gasteiger partial charge in [-0.25, -0.2) is 0 Å². The van der Waals surface area contributed by atoms with Gasteiger partial charge in [0.05, 0.1) is 18.3 Å². The molecule has 1 saturated heterocycles. The number of carbonyl (C=O) groups excluding carboxylic acids is 1. The van der Waals surface area contributed by atoms with Crippen LogP contribution in [0.25, 0.3) is 10.9 Å². The lowest BCUT2D eigenvalue weighted by atomic mass is 10.1. The number of carbonyl (C=O) groups is 1. The van der Waals surface area contributed by atoms with Crippen molar-refractivity contribution in [3.8, 4) is 0 Å². The number of hydrogen-bond donors (Lipinski definition) is 1. The van der Waals surface area contributed by atoms with Crippen molar-refractivity contribution in [3.63, 3.8) is 0 Å². The van der Waals surface area contributed by atoms with Gasteiger partial charge in [-0.05, 0) is 36.9 Å². The highest BCUT2D eigenvalue weighted by molar-refractivity contribution is 6.30. The molecule has 1 aromatic heterocycles. The zero-order valence-corrected chi connectivity index (χ0v) is 17.4. The van der Waals surface area contributed by atoms with Gasteiger partial charge in [0, 0.05) is 55.2 Å². The number of rotatable bonds is 6. The van der Waals surface area contributed by atoms with Crippen molar-refractivity contribution < 1.29 is 4.79 Å². The molecule has 6 nitrogen and oxygen atoms in total. The van der Waals surface area contributed by atoms with E-state index in [-0.39, 0.29) is 5.91 Å². The number of benzene rings is 2. The molecule has 29 heavy (non-hydrogen) atoms. The van der Waals surface area contributed by atoms with Gasteiger partial charge < -0.3 is 10.2 Å². The lowest BCUT2D eigenvalue weighted by Crippen LogP contribution is -2.46. The average molecular weight is 412 g/mol. The minimum atomic E-state index is -0.0414. The molecule has 1 aliphatic rings. The molecule has 0 bridgehead atoms. The van der Waals surface area contributed by atoms with Crippen molar-refractivity contribution in [2.45, 2.75) is 6.54 Å². The van der Waals surface area contributed by atoms with E-state index in [1.165, 1.54) is 0 Å². The van der Waals surface area contributed by atoms with Gasteiger partial charge >= 0.3 is 0 Å². The molecule has 1 N–H and O–H groups in total. The van der Waals surface area contributed by atoms with Crippen LogP contribution in [0.3, 0.4) is 0 Å². The molecule has 2 heterocycles. The van der Waals surface area contributed by atoms with Crippen molar-refractivity contribution in [1.82, 2.24) is 24.9 Å². The predicted molar refractivity (Wildman–Crippen MR) is 117 cm³/mol. The standard InChI is InChI=1S/C22H26ClN5O/c1-26-10-12-27(13-11-26)9-8-24-22(29)18-4-5-19-15-25-28(21(19)14-18)16-17-2-6-20(23)7-3-17/h2-7,14-15H,8-13,16H2,1H3,(H,24,29). The van der Waals surface area contributed by atoms with Crippen molar-refractivity contribution in [1.29, 1.82) is 0 Å². The number of piperazine rings is 1. The van der Waals surface area contributed by atoms with Crippen LogP contribution in [0.4, 0.5) is 0 Å². The Balaban J connectivity index is 1.39. The summed E-state index contributed by atoms with van der Waals surface area (Å²) in [7, 11) is 2.15. The Labute approximate surface area is 176 Å². The van der Waals surface area contributed by atoms with Gasteiger partial charge in [-0.1, -0.05) is 29.8 Å². The van der Waals surface area contributed by atoms with Gasteiger partial charge in [0.25, 0.3) is 5.91 Å². The summed E-state index contributed by atoms with van der Waals surface area (Å²) < 4.78 is 1.92. The van der Waals surface area contributed by atoms with Gasteiger partial charge in [-0.15, -0.1) is 0 Å². The normalized spacial score (nSPS) is 15.7. The molecule has 0 saturated carbocycles. The minimum absolute atomic E-state index is 0.0414. The summed E-state index contributed by atoms with van der Waals surface area (Å²) in [5.41, 5.74) is 2.72. The second-order valence-electron chi connectivity index (χ2n) is 7.60. The average Bonchev–Trinajstić information content (AvgIpc) is 3.13. The van der Waals surface area contributed by atoms with Crippen LogP contribution in [-0.2, 0) is 6.54 Å². The summed E-state index contributed by atoms with van der Waals surface area (Å²) in [5.74, 6) is -0.0414. The van der Waals surface area contributed by atoms with Crippen molar-refractivity contribution in [2.24, 2.45) is 0 Å². The third kappa shape index (κ3) is 4.96. The van der Waals surface area contributed by atoms with E-state index in [2.05, 4.69) is 27.3 Å². The topological polar surface area (TPSA) is 53.4 Å². The van der Waals surface area contributed by atoms with Gasteiger partial charge in [0.15, 0.2) is 0 Å². The lowest BCUT2D eigenvalue weighted by molar-refractivity contribution is 0.0941. The maximum atomic E-state index is 12.6. The number of hydrogen-bond acceptors (Lipinski definition) is 4. The molecule has 2 aromatic carbocycles. The number of aromatic nitrogens is 2. The molecule has 4 rings (SSSR count). The molecule has 7 heteroatoms. The molecular formula is C22H26ClN5O. The number of likely N-dealkylation sites (N-methyl/N-ethyl adjacent to an activating group) is 1. The second kappa shape index (κ2) is 8.95. The van der Waals surface area contributed by atoms with E-state index < -0.39 is 0 Å². The Morgan fingerprint density at radius 2 is 1.86 bits per heavy atom. The summed E-state index contributed by atoms with van der Waals surface area (Å²) in [4.78, 5) is 17.4. The molecule has 0 unspecified atom stereocenters. The van der Waals surface area contributed by atoms with E-state index in [1.807, 2.05) is 53.3 Å². The molecular weight excluding hydrogens is 386 g/mol. The quantitative estimate of drug-likeness (QED) is 0.677. The fourth-order valence-corrected chi connectivity index (χ4v) is 3.73. The molecule has 1 aliphatic heterocycles. The van der Waals surface area contributed by atoms with Crippen molar-refractivity contribution >= 4 is 28.4 Å². The van der Waals surface area contributed by atoms with Gasteiger partial charge in [0.2, 0.25) is 0 Å². The monoisotopic (exact) mass is 411 g/mol. The van der Waals surface area contributed by atoms with Crippen LogP contribution in [0.5, 0.6) is 0 Å². The van der Waals surface area contributed by atoms with E-state index >= 15 is 0 Å². The van der Waals surface area contributed by atoms with Crippen molar-refractivity contribution in [2.75, 3.05) is 46.3 Å². The molecule has 3 aromatic rings. The third-order valence-electron chi connectivity index (χ3n) is 5.46. The summed E-state index contributed by atoms with van der Waals surface area (Å²) in [6, 6.07) is 13.5. The first-order valence-electron chi connectivity index (χ1n) is 9.97. The second-order valence-corrected chi connectivity index (χ2v) is 8.04. The molecule has 0 radical (unpaired) electrons. The first-order chi connectivity index (χ1) is 14.1. The smallest absolute Gasteiger partial charge is 0.251 e. The fourth-order valence-electron chi connectivity index (χ4n) is 3.60. The number of fused-ring (bicyclic) bond motifs is 1. The highest BCUT2D eigenvalue weighted by Gasteiger charge is 2.14. The Morgan fingerprint density at radius 3 is 2.62 bits per heavy atom. The van der Waals surface area contributed by atoms with Crippen LogP contribution in [0.15, 0.2) is 48.7 Å². The number of amides is 1. The van der Waals surface area contributed by atoms with Crippen LogP contribution in [0, 0.1) is 0 Å². The molecule has 1 fully saturated rings. The molecule has 0 spiro atoms. The lowest BCUT2D eigenvalue weighted by Gasteiger charge is -2.32. The number of nitrogens with one attached hydrogen (secondary N) is 1. The highest BCUT2D eigenvalue weighted by atomic mass is 35.5.